The third kappa shape index (κ3) is 3.51. The zero-order valence-electron chi connectivity index (χ0n) is 14.5. The van der Waals surface area contributed by atoms with Crippen LogP contribution in [0.1, 0.15) is 25.3 Å². The van der Waals surface area contributed by atoms with Crippen LogP contribution in [-0.4, -0.2) is 57.6 Å². The minimum absolute atomic E-state index is 0.0215. The number of hydrogen-bond acceptors (Lipinski definition) is 6. The van der Waals surface area contributed by atoms with Gasteiger partial charge in [0.05, 0.1) is 11.5 Å². The quantitative estimate of drug-likeness (QED) is 0.752. The molecule has 3 rings (SSSR count). The minimum Gasteiger partial charge on any atom is -0.478 e. The van der Waals surface area contributed by atoms with Gasteiger partial charge in [-0.15, -0.1) is 0 Å². The summed E-state index contributed by atoms with van der Waals surface area (Å²) in [6.45, 7) is 3.20. The zero-order chi connectivity index (χ0) is 18.0. The molecule has 2 aliphatic rings. The average molecular weight is 368 g/mol. The van der Waals surface area contributed by atoms with Gasteiger partial charge in [0.2, 0.25) is 10.0 Å². The highest BCUT2D eigenvalue weighted by atomic mass is 32.2. The lowest BCUT2D eigenvalue weighted by Crippen LogP contribution is -2.40. The number of ether oxygens (including phenoxy) is 2. The van der Waals surface area contributed by atoms with Gasteiger partial charge in [0, 0.05) is 25.6 Å². The van der Waals surface area contributed by atoms with Crippen LogP contribution in [0, 0.1) is 0 Å². The molecule has 1 aromatic carbocycles. The van der Waals surface area contributed by atoms with Crippen molar-refractivity contribution < 1.29 is 22.7 Å². The number of likely N-dealkylation sites (N-methyl/N-ethyl adjacent to an activating group) is 1. The number of fused-ring (bicyclic) bond motifs is 1. The van der Waals surface area contributed by atoms with Crippen LogP contribution in [0.3, 0.4) is 0 Å². The first-order valence-electron chi connectivity index (χ1n) is 8.60. The molecule has 2 unspecified atom stereocenters. The van der Waals surface area contributed by atoms with Crippen LogP contribution in [0.15, 0.2) is 23.1 Å². The number of hydrogen-bond donors (Lipinski definition) is 1. The second-order valence-electron chi connectivity index (χ2n) is 6.30. The molecule has 1 saturated heterocycles. The molecule has 0 amide bonds. The van der Waals surface area contributed by atoms with Crippen LogP contribution in [0.2, 0.25) is 0 Å². The lowest BCUT2D eigenvalue weighted by atomic mass is 10.1. The van der Waals surface area contributed by atoms with Gasteiger partial charge < -0.3 is 14.8 Å². The van der Waals surface area contributed by atoms with Gasteiger partial charge in [-0.3, -0.25) is 0 Å². The third-order valence-corrected chi connectivity index (χ3v) is 6.57. The van der Waals surface area contributed by atoms with Gasteiger partial charge in [0.25, 0.3) is 0 Å². The highest BCUT2D eigenvalue weighted by molar-refractivity contribution is 7.89. The Morgan fingerprint density at radius 3 is 2.96 bits per heavy atom. The zero-order valence-corrected chi connectivity index (χ0v) is 15.3. The van der Waals surface area contributed by atoms with Gasteiger partial charge in [0.1, 0.15) is 5.75 Å². The summed E-state index contributed by atoms with van der Waals surface area (Å²) in [7, 11) is -1.73. The third-order valence-electron chi connectivity index (χ3n) is 4.63. The van der Waals surface area contributed by atoms with Crippen molar-refractivity contribution in [2.45, 2.75) is 43.2 Å². The second kappa shape index (κ2) is 7.31. The standard InChI is InChI=1S/C17H24N2O5S/c1-3-23-17(20)16-10-12-9-14(6-7-15(12)24-16)25(21,22)19-8-4-5-13(19)11-18-2/h6-7,9,13,16,18H,3-5,8,10-11H2,1-2H3. The molecule has 0 aromatic heterocycles. The molecule has 25 heavy (non-hydrogen) atoms. The van der Waals surface area contributed by atoms with Crippen molar-refractivity contribution in [3.63, 3.8) is 0 Å². The van der Waals surface area contributed by atoms with Crippen molar-refractivity contribution >= 4 is 16.0 Å². The summed E-state index contributed by atoms with van der Waals surface area (Å²) in [6, 6.07) is 4.78. The Labute approximate surface area is 148 Å². The van der Waals surface area contributed by atoms with E-state index in [1.54, 1.807) is 29.4 Å². The second-order valence-corrected chi connectivity index (χ2v) is 8.19. The highest BCUT2D eigenvalue weighted by Gasteiger charge is 2.36. The number of carbonyl (C=O) groups excluding carboxylic acids is 1. The smallest absolute Gasteiger partial charge is 0.347 e. The molecule has 1 fully saturated rings. The summed E-state index contributed by atoms with van der Waals surface area (Å²) in [4.78, 5) is 12.1. The molecule has 138 valence electrons. The number of nitrogens with zero attached hydrogens (tertiary/aromatic N) is 1. The Kier molecular flexibility index (Phi) is 5.31. The minimum atomic E-state index is -3.56. The fourth-order valence-corrected chi connectivity index (χ4v) is 5.20. The summed E-state index contributed by atoms with van der Waals surface area (Å²) < 4.78 is 38.1. The summed E-state index contributed by atoms with van der Waals surface area (Å²) in [5, 5.41) is 3.06. The first-order valence-corrected chi connectivity index (χ1v) is 10.0. The molecule has 1 aromatic rings. The number of esters is 1. The highest BCUT2D eigenvalue weighted by Crippen LogP contribution is 2.33. The van der Waals surface area contributed by atoms with Crippen LogP contribution in [0.4, 0.5) is 0 Å². The Balaban J connectivity index is 1.81. The molecule has 7 nitrogen and oxygen atoms in total. The molecule has 0 radical (unpaired) electrons. The molecular formula is C17H24N2O5S. The maximum absolute atomic E-state index is 13.0. The van der Waals surface area contributed by atoms with Crippen molar-refractivity contribution in [2.75, 3.05) is 26.7 Å². The topological polar surface area (TPSA) is 84.9 Å². The molecule has 8 heteroatoms. The van der Waals surface area contributed by atoms with E-state index in [0.717, 1.165) is 18.4 Å². The van der Waals surface area contributed by atoms with E-state index in [1.807, 2.05) is 7.05 Å². The monoisotopic (exact) mass is 368 g/mol. The summed E-state index contributed by atoms with van der Waals surface area (Å²) in [6.07, 6.45) is 1.36. The maximum Gasteiger partial charge on any atom is 0.347 e. The first kappa shape index (κ1) is 18.2. The van der Waals surface area contributed by atoms with Gasteiger partial charge >= 0.3 is 5.97 Å². The van der Waals surface area contributed by atoms with Crippen molar-refractivity contribution in [2.24, 2.45) is 0 Å². The van der Waals surface area contributed by atoms with E-state index in [0.29, 0.717) is 25.3 Å². The van der Waals surface area contributed by atoms with E-state index in [1.165, 1.54) is 0 Å². The maximum atomic E-state index is 13.0. The summed E-state index contributed by atoms with van der Waals surface area (Å²) in [5.41, 5.74) is 0.725. The largest absolute Gasteiger partial charge is 0.478 e. The molecule has 0 spiro atoms. The van der Waals surface area contributed by atoms with Crippen molar-refractivity contribution in [1.82, 2.24) is 9.62 Å². The molecule has 0 saturated carbocycles. The Morgan fingerprint density at radius 2 is 2.24 bits per heavy atom. The van der Waals surface area contributed by atoms with Crippen LogP contribution in [0.25, 0.3) is 0 Å². The van der Waals surface area contributed by atoms with Crippen LogP contribution in [-0.2, 0) is 26.0 Å². The molecule has 0 bridgehead atoms. The Hall–Kier alpha value is -1.64. The van der Waals surface area contributed by atoms with Crippen LogP contribution < -0.4 is 10.1 Å². The van der Waals surface area contributed by atoms with E-state index in [2.05, 4.69) is 5.32 Å². The Bertz CT molecular complexity index is 749. The van der Waals surface area contributed by atoms with Gasteiger partial charge in [-0.1, -0.05) is 0 Å². The molecule has 2 aliphatic heterocycles. The van der Waals surface area contributed by atoms with Gasteiger partial charge in [0.15, 0.2) is 6.10 Å². The first-order chi connectivity index (χ1) is 12.0. The normalized spacial score (nSPS) is 23.3. The van der Waals surface area contributed by atoms with Crippen molar-refractivity contribution in [3.05, 3.63) is 23.8 Å². The number of rotatable bonds is 6. The van der Waals surface area contributed by atoms with E-state index in [-0.39, 0.29) is 17.5 Å². The number of nitrogens with one attached hydrogen (secondary N) is 1. The summed E-state index contributed by atoms with van der Waals surface area (Å²) in [5.74, 6) is 0.127. The summed E-state index contributed by atoms with van der Waals surface area (Å²) >= 11 is 0. The Morgan fingerprint density at radius 1 is 1.44 bits per heavy atom. The predicted octanol–water partition coefficient (Wildman–Crippen LogP) is 0.926. The molecular weight excluding hydrogens is 344 g/mol. The van der Waals surface area contributed by atoms with Gasteiger partial charge in [-0.2, -0.15) is 4.31 Å². The number of benzene rings is 1. The number of carbonyl (C=O) groups is 1. The average Bonchev–Trinajstić information content (AvgIpc) is 3.21. The molecule has 1 N–H and O–H groups in total. The van der Waals surface area contributed by atoms with Crippen molar-refractivity contribution in [3.8, 4) is 5.75 Å². The predicted molar refractivity (Wildman–Crippen MR) is 92.0 cm³/mol. The van der Waals surface area contributed by atoms with Crippen LogP contribution >= 0.6 is 0 Å². The lowest BCUT2D eigenvalue weighted by molar-refractivity contribution is -0.150. The van der Waals surface area contributed by atoms with E-state index in [4.69, 9.17) is 9.47 Å². The van der Waals surface area contributed by atoms with E-state index < -0.39 is 22.1 Å². The van der Waals surface area contributed by atoms with Crippen molar-refractivity contribution in [1.29, 1.82) is 0 Å². The fraction of sp³-hybridized carbons (Fsp3) is 0.588. The van der Waals surface area contributed by atoms with Gasteiger partial charge in [-0.25, -0.2) is 13.2 Å². The van der Waals surface area contributed by atoms with Gasteiger partial charge in [-0.05, 0) is 50.6 Å². The molecule has 0 aliphatic carbocycles. The number of sulfonamides is 1. The molecule has 2 heterocycles. The SMILES string of the molecule is CCOC(=O)C1Cc2cc(S(=O)(=O)N3CCCC3CNC)ccc2O1. The molecule has 2 atom stereocenters. The lowest BCUT2D eigenvalue weighted by Gasteiger charge is -2.24. The van der Waals surface area contributed by atoms with E-state index in [9.17, 15) is 13.2 Å². The van der Waals surface area contributed by atoms with E-state index >= 15 is 0 Å². The fourth-order valence-electron chi connectivity index (χ4n) is 3.45. The van der Waals surface area contributed by atoms with Crippen LogP contribution in [0.5, 0.6) is 5.75 Å².